The van der Waals surface area contributed by atoms with E-state index in [1.54, 1.807) is 30.7 Å². The van der Waals surface area contributed by atoms with Crippen LogP contribution in [0, 0.1) is 12.7 Å². The molecule has 17 aromatic carbocycles. The van der Waals surface area contributed by atoms with E-state index in [0.29, 0.717) is 17.5 Å². The van der Waals surface area contributed by atoms with Gasteiger partial charge in [0.2, 0.25) is 0 Å². The molecular weight excluding hydrogens is 1750 g/mol. The van der Waals surface area contributed by atoms with Crippen molar-refractivity contribution >= 4 is 116 Å². The lowest BCUT2D eigenvalue weighted by Gasteiger charge is -2.14. The Hall–Kier alpha value is -17.5. The summed E-state index contributed by atoms with van der Waals surface area (Å²) in [6.07, 6.45) is 11.0. The fourth-order valence-electron chi connectivity index (χ4n) is 18.6. The molecular formula is C126H80FN9S3. The molecule has 9 nitrogen and oxygen atoms in total. The largest absolute Gasteiger partial charge is 0.264 e. The number of benzene rings is 17. The van der Waals surface area contributed by atoms with Gasteiger partial charge in [0.05, 0.1) is 34.2 Å². The summed E-state index contributed by atoms with van der Waals surface area (Å²) < 4.78 is 21.6. The summed E-state index contributed by atoms with van der Waals surface area (Å²) in [4.78, 5) is 43.3. The van der Waals surface area contributed by atoms with Gasteiger partial charge in [-0.25, -0.2) is 34.3 Å². The van der Waals surface area contributed by atoms with Gasteiger partial charge in [-0.3, -0.25) is 15.0 Å². The number of nitrogens with zero attached hydrogens (tertiary/aromatic N) is 9. The van der Waals surface area contributed by atoms with Crippen molar-refractivity contribution in [1.82, 2.24) is 44.9 Å². The van der Waals surface area contributed by atoms with Crippen LogP contribution in [0.3, 0.4) is 0 Å². The molecule has 139 heavy (non-hydrogen) atoms. The molecule has 0 aliphatic rings. The van der Waals surface area contributed by atoms with Gasteiger partial charge < -0.3 is 0 Å². The van der Waals surface area contributed by atoms with Crippen molar-refractivity contribution in [2.24, 2.45) is 0 Å². The van der Waals surface area contributed by atoms with E-state index in [9.17, 15) is 4.39 Å². The number of thiophene rings is 3. The fourth-order valence-corrected chi connectivity index (χ4v) is 21.9. The summed E-state index contributed by atoms with van der Waals surface area (Å²) in [6, 6.07) is 150. The molecule has 0 aliphatic carbocycles. The molecule has 654 valence electrons. The molecule has 26 aromatic rings. The van der Waals surface area contributed by atoms with E-state index in [0.717, 1.165) is 123 Å². The number of aryl methyl sites for hydroxylation is 1. The topological polar surface area (TPSA) is 116 Å². The standard InChI is InChI=1S/C47H29N3S.C40H27N3S.C39H24FN3S/c1-2-10-37-35(8-1)27-41(39-12-4-3-11-38(37)39)44-28-43(49-47(50-44)33-21-17-31(18-22-33)36-9-7-25-48-29-36)32-19-15-30(16-20-32)34-23-24-46-42(26-34)40-13-5-6-14-45(40)51-46;1-26-7-2-3-9-33(26)37-24-36(42-40(43-37)30-18-14-28(15-19-30)32-8-6-22-41-25-32)29-16-12-27(13-17-29)31-20-21-39-35(23-31)34-10-4-5-11-38(34)44-39;40-32-18-15-28(16-19-32)36-23-35(42-39(43-36)29-13-9-26(10-14-29)31-4-3-21-41-24-31)27-11-7-25(8-12-27)30-17-20-38-34(22-30)33-5-1-2-6-37(33)44-38/h1-29H;2-25H,1H3;1-24H. The number of halogens is 1. The Morgan fingerprint density at radius 2 is 0.453 bits per heavy atom. The van der Waals surface area contributed by atoms with Crippen LogP contribution in [-0.4, -0.2) is 44.9 Å². The first-order valence-electron chi connectivity index (χ1n) is 46.1. The molecule has 0 N–H and O–H groups in total. The van der Waals surface area contributed by atoms with Gasteiger partial charge in [0, 0.05) is 148 Å². The van der Waals surface area contributed by atoms with E-state index in [1.165, 1.54) is 128 Å². The molecule has 0 amide bonds. The first-order chi connectivity index (χ1) is 68.6. The van der Waals surface area contributed by atoms with Crippen molar-refractivity contribution < 1.29 is 4.39 Å². The number of fused-ring (bicyclic) bond motifs is 12. The zero-order valence-corrected chi connectivity index (χ0v) is 77.5. The number of rotatable bonds is 15. The molecule has 9 heterocycles. The van der Waals surface area contributed by atoms with Gasteiger partial charge in [-0.05, 0) is 222 Å². The zero-order valence-electron chi connectivity index (χ0n) is 75.1. The second-order valence-corrected chi connectivity index (χ2v) is 37.8. The molecule has 9 aromatic heterocycles. The normalized spacial score (nSPS) is 11.4. The average Bonchev–Trinajstić information content (AvgIpc) is 1.75. The maximum absolute atomic E-state index is 13.8. The van der Waals surface area contributed by atoms with Crippen LogP contribution in [0.5, 0.6) is 0 Å². The molecule has 0 radical (unpaired) electrons. The number of pyridine rings is 3. The second kappa shape index (κ2) is 37.1. The second-order valence-electron chi connectivity index (χ2n) is 34.5. The van der Waals surface area contributed by atoms with E-state index in [-0.39, 0.29) is 5.82 Å². The van der Waals surface area contributed by atoms with Gasteiger partial charge in [0.25, 0.3) is 0 Å². The van der Waals surface area contributed by atoms with Gasteiger partial charge >= 0.3 is 0 Å². The minimum Gasteiger partial charge on any atom is -0.264 e. The van der Waals surface area contributed by atoms with E-state index in [4.69, 9.17) is 29.9 Å². The SMILES string of the molecule is Cc1ccccc1-c1cc(-c2ccc(-c3ccc4sc5ccccc5c4c3)cc2)nc(-c2ccc(-c3cccnc3)cc2)n1.Fc1ccc(-c2cc(-c3ccc(-c4ccc5sc6ccccc6c5c4)cc3)nc(-c3ccc(-c4cccnc4)cc3)n2)cc1.c1cncc(-c2ccc(-c3nc(-c4ccc(-c5ccc6sc7ccccc7c6c5)cc4)cc(-c4cc5ccccc5c5ccccc45)n3)cc2)c1. The van der Waals surface area contributed by atoms with Crippen molar-refractivity contribution in [3.8, 4) is 168 Å². The lowest BCUT2D eigenvalue weighted by molar-refractivity contribution is 0.628. The number of aromatic nitrogens is 9. The minimum atomic E-state index is -0.279. The third kappa shape index (κ3) is 17.2. The molecule has 0 atom stereocenters. The van der Waals surface area contributed by atoms with Gasteiger partial charge in [0.1, 0.15) is 5.82 Å². The van der Waals surface area contributed by atoms with Crippen molar-refractivity contribution in [3.05, 3.63) is 479 Å². The van der Waals surface area contributed by atoms with Crippen LogP contribution in [-0.2, 0) is 0 Å². The summed E-state index contributed by atoms with van der Waals surface area (Å²) in [5.74, 6) is 1.73. The summed E-state index contributed by atoms with van der Waals surface area (Å²) >= 11 is 5.52. The highest BCUT2D eigenvalue weighted by molar-refractivity contribution is 7.26. The third-order valence-electron chi connectivity index (χ3n) is 25.9. The fraction of sp³-hybridized carbons (Fsp3) is 0.00794. The maximum Gasteiger partial charge on any atom is 0.160 e. The van der Waals surface area contributed by atoms with Crippen molar-refractivity contribution in [2.75, 3.05) is 0 Å². The van der Waals surface area contributed by atoms with Gasteiger partial charge in [-0.15, -0.1) is 34.0 Å². The monoisotopic (exact) mass is 1830 g/mol. The minimum absolute atomic E-state index is 0.279. The van der Waals surface area contributed by atoms with Crippen LogP contribution in [0.2, 0.25) is 0 Å². The van der Waals surface area contributed by atoms with Gasteiger partial charge in [-0.2, -0.15) is 0 Å². The third-order valence-corrected chi connectivity index (χ3v) is 29.3. The van der Waals surface area contributed by atoms with Crippen LogP contribution in [0.25, 0.3) is 251 Å². The van der Waals surface area contributed by atoms with Crippen LogP contribution in [0.1, 0.15) is 5.56 Å². The van der Waals surface area contributed by atoms with E-state index < -0.39 is 0 Å². The predicted molar refractivity (Wildman–Crippen MR) is 579 cm³/mol. The highest BCUT2D eigenvalue weighted by atomic mass is 32.1. The molecule has 0 saturated heterocycles. The molecule has 26 rings (SSSR count). The Balaban J connectivity index is 0.000000114. The van der Waals surface area contributed by atoms with Crippen LogP contribution in [0.4, 0.5) is 4.39 Å². The number of hydrogen-bond donors (Lipinski definition) is 0. The van der Waals surface area contributed by atoms with Gasteiger partial charge in [-0.1, -0.05) is 309 Å². The Morgan fingerprint density at radius 3 is 0.820 bits per heavy atom. The highest BCUT2D eigenvalue weighted by Crippen LogP contribution is 2.44. The average molecular weight is 1840 g/mol. The molecule has 0 fully saturated rings. The van der Waals surface area contributed by atoms with E-state index in [1.807, 2.05) is 95.1 Å². The Morgan fingerprint density at radius 1 is 0.180 bits per heavy atom. The molecule has 0 aliphatic heterocycles. The van der Waals surface area contributed by atoms with Crippen LogP contribution < -0.4 is 0 Å². The molecule has 0 bridgehead atoms. The first-order valence-corrected chi connectivity index (χ1v) is 48.6. The quantitative estimate of drug-likeness (QED) is 0.0925. The summed E-state index contributed by atoms with van der Waals surface area (Å²) in [6.45, 7) is 2.13. The Labute approximate surface area is 813 Å². The molecule has 0 unspecified atom stereocenters. The lowest BCUT2D eigenvalue weighted by Crippen LogP contribution is -1.97. The number of hydrogen-bond acceptors (Lipinski definition) is 12. The molecule has 0 spiro atoms. The zero-order chi connectivity index (χ0) is 92.6. The molecule has 13 heteroatoms. The summed E-state index contributed by atoms with van der Waals surface area (Å²) in [7, 11) is 0. The first kappa shape index (κ1) is 84.5. The predicted octanol–water partition coefficient (Wildman–Crippen LogP) is 34.5. The summed E-state index contributed by atoms with van der Waals surface area (Å²) in [5.41, 5.74) is 28.9. The lowest BCUT2D eigenvalue weighted by atomic mass is 9.94. The summed E-state index contributed by atoms with van der Waals surface area (Å²) in [5, 5.41) is 12.6. The molecule has 0 saturated carbocycles. The van der Waals surface area contributed by atoms with Crippen LogP contribution in [0.15, 0.2) is 468 Å². The van der Waals surface area contributed by atoms with Crippen LogP contribution >= 0.6 is 34.0 Å². The Bertz CT molecular complexity index is 9100. The van der Waals surface area contributed by atoms with E-state index in [2.05, 4.69) is 386 Å². The smallest absolute Gasteiger partial charge is 0.160 e. The Kier molecular flexibility index (Phi) is 22.5. The van der Waals surface area contributed by atoms with Crippen molar-refractivity contribution in [3.63, 3.8) is 0 Å². The van der Waals surface area contributed by atoms with Gasteiger partial charge in [0.15, 0.2) is 17.5 Å². The maximum atomic E-state index is 13.8. The highest BCUT2D eigenvalue weighted by Gasteiger charge is 2.21. The van der Waals surface area contributed by atoms with E-state index >= 15 is 0 Å². The van der Waals surface area contributed by atoms with Crippen molar-refractivity contribution in [1.29, 1.82) is 0 Å². The van der Waals surface area contributed by atoms with Crippen molar-refractivity contribution in [2.45, 2.75) is 6.92 Å².